The van der Waals surface area contributed by atoms with Gasteiger partial charge in [-0.05, 0) is 99.2 Å². The van der Waals surface area contributed by atoms with Gasteiger partial charge in [0.1, 0.15) is 0 Å². The number of carbonyl (C=O) groups is 2. The quantitative estimate of drug-likeness (QED) is 0.233. The Morgan fingerprint density at radius 2 is 1.83 bits per heavy atom. The second-order valence-corrected chi connectivity index (χ2v) is 12.7. The van der Waals surface area contributed by atoms with E-state index in [1.54, 1.807) is 16.7 Å². The Balaban J connectivity index is 1.21. The topological polar surface area (TPSA) is 80.5 Å². The highest BCUT2D eigenvalue weighted by molar-refractivity contribution is 7.98. The Kier molecular flexibility index (Phi) is 9.73. The van der Waals surface area contributed by atoms with E-state index >= 15 is 0 Å². The fourth-order valence-electron chi connectivity index (χ4n) is 6.52. The van der Waals surface area contributed by atoms with Gasteiger partial charge in [0.15, 0.2) is 5.78 Å². The molecule has 0 aliphatic carbocycles. The minimum atomic E-state index is -0.134. The number of nitrogens with one attached hydrogen (secondary N) is 3. The highest BCUT2D eigenvalue weighted by Gasteiger charge is 2.41. The highest BCUT2D eigenvalue weighted by Crippen LogP contribution is 2.35. The summed E-state index contributed by atoms with van der Waals surface area (Å²) in [5, 5.41) is 7.83. The van der Waals surface area contributed by atoms with E-state index in [9.17, 15) is 9.59 Å². The standard InChI is InChI=1S/C33H45N5O2S/c1-5-24-20-30(35-24)32(39)31(22(2)14-17-37(3)33(40)36-25-10-12-26(41-4)13-11-25)38-18-15-23(16-19-38)28-21-34-29-9-7-6-8-27(28)29/h6-13,21-24,30-31,34-35H,5,14-20H2,1-4H3,(H,36,40). The van der Waals surface area contributed by atoms with Crippen LogP contribution in [0.2, 0.25) is 0 Å². The predicted octanol–water partition coefficient (Wildman–Crippen LogP) is 6.34. The zero-order valence-electron chi connectivity index (χ0n) is 24.9. The van der Waals surface area contributed by atoms with Gasteiger partial charge in [0.2, 0.25) is 0 Å². The summed E-state index contributed by atoms with van der Waals surface area (Å²) >= 11 is 1.68. The largest absolute Gasteiger partial charge is 0.361 e. The molecule has 41 heavy (non-hydrogen) atoms. The molecule has 220 valence electrons. The number of urea groups is 1. The molecular weight excluding hydrogens is 530 g/mol. The van der Waals surface area contributed by atoms with Crippen LogP contribution in [0.4, 0.5) is 10.5 Å². The molecule has 2 aromatic carbocycles. The number of aromatic amines is 1. The number of benzene rings is 2. The molecule has 1 aromatic heterocycles. The van der Waals surface area contributed by atoms with Crippen LogP contribution in [0.3, 0.4) is 0 Å². The van der Waals surface area contributed by atoms with Crippen LogP contribution in [0.15, 0.2) is 59.6 Å². The fraction of sp³-hybridized carbons (Fsp3) is 0.515. The van der Waals surface area contributed by atoms with Crippen molar-refractivity contribution >= 4 is 40.2 Å². The van der Waals surface area contributed by atoms with Crippen LogP contribution >= 0.6 is 11.8 Å². The summed E-state index contributed by atoms with van der Waals surface area (Å²) in [6.07, 6.45) is 9.07. The summed E-state index contributed by atoms with van der Waals surface area (Å²) < 4.78 is 0. The number of hydrogen-bond acceptors (Lipinski definition) is 5. The van der Waals surface area contributed by atoms with Crippen molar-refractivity contribution in [3.63, 3.8) is 0 Å². The molecule has 0 radical (unpaired) electrons. The Labute approximate surface area is 248 Å². The van der Waals surface area contributed by atoms with E-state index in [-0.39, 0.29) is 24.0 Å². The number of ketones is 1. The molecule has 3 heterocycles. The number of hydrogen-bond donors (Lipinski definition) is 3. The highest BCUT2D eigenvalue weighted by atomic mass is 32.2. The minimum Gasteiger partial charge on any atom is -0.361 e. The smallest absolute Gasteiger partial charge is 0.321 e. The summed E-state index contributed by atoms with van der Waals surface area (Å²) in [6.45, 7) is 6.79. The van der Waals surface area contributed by atoms with Gasteiger partial charge in [0.25, 0.3) is 0 Å². The zero-order valence-corrected chi connectivity index (χ0v) is 25.7. The first-order valence-electron chi connectivity index (χ1n) is 15.1. The average Bonchev–Trinajstić information content (AvgIpc) is 3.40. The molecule has 3 aromatic rings. The molecule has 5 rings (SSSR count). The number of rotatable bonds is 11. The maximum absolute atomic E-state index is 13.9. The number of thioether (sulfide) groups is 1. The molecule has 2 amide bonds. The first-order valence-corrected chi connectivity index (χ1v) is 16.4. The Hall–Kier alpha value is -2.81. The van der Waals surface area contributed by atoms with Gasteiger partial charge in [-0.15, -0.1) is 11.8 Å². The van der Waals surface area contributed by atoms with Gasteiger partial charge in [0, 0.05) is 47.3 Å². The number of anilines is 1. The van der Waals surface area contributed by atoms with Crippen LogP contribution in [0.25, 0.3) is 10.9 Å². The van der Waals surface area contributed by atoms with Gasteiger partial charge >= 0.3 is 6.03 Å². The number of para-hydroxylation sites is 1. The normalized spacial score (nSPS) is 21.3. The number of fused-ring (bicyclic) bond motifs is 1. The number of carbonyl (C=O) groups excluding carboxylic acids is 2. The third-order valence-electron chi connectivity index (χ3n) is 9.22. The summed E-state index contributed by atoms with van der Waals surface area (Å²) in [7, 11) is 1.83. The third kappa shape index (κ3) is 6.82. The minimum absolute atomic E-state index is 0.0518. The van der Waals surface area contributed by atoms with Crippen LogP contribution in [0.1, 0.15) is 57.4 Å². The molecule has 0 spiro atoms. The van der Waals surface area contributed by atoms with Crippen molar-refractivity contribution in [3.05, 3.63) is 60.3 Å². The number of likely N-dealkylation sites (tertiary alicyclic amines) is 1. The molecule has 3 N–H and O–H groups in total. The first kappa shape index (κ1) is 29.7. The Bertz CT molecular complexity index is 1310. The summed E-state index contributed by atoms with van der Waals surface area (Å²) in [4.78, 5) is 35.5. The van der Waals surface area contributed by atoms with Crippen molar-refractivity contribution in [1.29, 1.82) is 0 Å². The van der Waals surface area contributed by atoms with Gasteiger partial charge in [-0.1, -0.05) is 32.0 Å². The lowest BCUT2D eigenvalue weighted by atomic mass is 9.81. The Morgan fingerprint density at radius 1 is 1.12 bits per heavy atom. The van der Waals surface area contributed by atoms with Crippen molar-refractivity contribution in [1.82, 2.24) is 20.1 Å². The van der Waals surface area contributed by atoms with Crippen LogP contribution in [-0.2, 0) is 4.79 Å². The van der Waals surface area contributed by atoms with Gasteiger partial charge < -0.3 is 20.5 Å². The van der Waals surface area contributed by atoms with Gasteiger partial charge in [-0.25, -0.2) is 4.79 Å². The lowest BCUT2D eigenvalue weighted by Gasteiger charge is -2.44. The summed E-state index contributed by atoms with van der Waals surface area (Å²) in [6, 6.07) is 16.6. The van der Waals surface area contributed by atoms with E-state index < -0.39 is 0 Å². The molecule has 4 atom stereocenters. The number of aromatic nitrogens is 1. The molecular formula is C33H45N5O2S. The molecule has 4 unspecified atom stereocenters. The van der Waals surface area contributed by atoms with Crippen molar-refractivity contribution in [2.45, 2.75) is 74.9 Å². The van der Waals surface area contributed by atoms with Crippen molar-refractivity contribution in [2.75, 3.05) is 38.3 Å². The predicted molar refractivity (Wildman–Crippen MR) is 170 cm³/mol. The third-order valence-corrected chi connectivity index (χ3v) is 9.96. The van der Waals surface area contributed by atoms with Crippen molar-refractivity contribution < 1.29 is 9.59 Å². The van der Waals surface area contributed by atoms with Crippen LogP contribution in [0.5, 0.6) is 0 Å². The average molecular weight is 576 g/mol. The SMILES string of the molecule is CCC1CC(C(=O)C(C(C)CCN(C)C(=O)Nc2ccc(SC)cc2)N2CCC(c3c[nH]c4ccccc34)CC2)N1. The van der Waals surface area contributed by atoms with E-state index in [0.717, 1.165) is 55.8 Å². The lowest BCUT2D eigenvalue weighted by molar-refractivity contribution is -0.131. The second kappa shape index (κ2) is 13.4. The maximum atomic E-state index is 13.9. The van der Waals surface area contributed by atoms with Crippen LogP contribution < -0.4 is 10.6 Å². The van der Waals surface area contributed by atoms with E-state index in [1.165, 1.54) is 16.5 Å². The van der Waals surface area contributed by atoms with Crippen molar-refractivity contribution in [3.8, 4) is 0 Å². The molecule has 0 saturated carbocycles. The van der Waals surface area contributed by atoms with E-state index in [4.69, 9.17) is 0 Å². The van der Waals surface area contributed by atoms with Crippen LogP contribution in [-0.4, -0.2) is 77.7 Å². The molecule has 2 aliphatic heterocycles. The number of nitrogens with zero attached hydrogens (tertiary/aromatic N) is 2. The molecule has 2 saturated heterocycles. The zero-order chi connectivity index (χ0) is 28.9. The summed E-state index contributed by atoms with van der Waals surface area (Å²) in [5.74, 6) is 0.971. The second-order valence-electron chi connectivity index (χ2n) is 11.9. The van der Waals surface area contributed by atoms with E-state index in [0.29, 0.717) is 24.3 Å². The fourth-order valence-corrected chi connectivity index (χ4v) is 6.93. The van der Waals surface area contributed by atoms with Gasteiger partial charge in [0.05, 0.1) is 12.1 Å². The molecule has 7 nitrogen and oxygen atoms in total. The molecule has 0 bridgehead atoms. The molecule has 2 aliphatic rings. The first-order chi connectivity index (χ1) is 19.9. The Morgan fingerprint density at radius 3 is 2.51 bits per heavy atom. The number of piperidine rings is 1. The maximum Gasteiger partial charge on any atom is 0.321 e. The number of H-pyrrole nitrogens is 1. The van der Waals surface area contributed by atoms with Crippen LogP contribution in [0, 0.1) is 5.92 Å². The van der Waals surface area contributed by atoms with E-state index in [2.05, 4.69) is 64.8 Å². The number of amides is 2. The summed E-state index contributed by atoms with van der Waals surface area (Å²) in [5.41, 5.74) is 3.39. The monoisotopic (exact) mass is 575 g/mol. The van der Waals surface area contributed by atoms with Crippen molar-refractivity contribution in [2.24, 2.45) is 5.92 Å². The van der Waals surface area contributed by atoms with Gasteiger partial charge in [-0.3, -0.25) is 9.69 Å². The lowest BCUT2D eigenvalue weighted by Crippen LogP contribution is -2.62. The number of Topliss-reactive ketones (excluding diaryl/α,β-unsaturated/α-hetero) is 1. The molecule has 2 fully saturated rings. The van der Waals surface area contributed by atoms with Gasteiger partial charge in [-0.2, -0.15) is 0 Å². The molecule has 8 heteroatoms. The van der Waals surface area contributed by atoms with E-state index in [1.807, 2.05) is 37.6 Å².